The largest absolute Gasteiger partial charge is 0.307 e. The number of carbonyl (C=O) groups excluding carboxylic acids is 1. The van der Waals surface area contributed by atoms with Crippen LogP contribution in [0, 0.1) is 10.1 Å². The SMILES string of the molecule is O=C(Nc1ccc(Br)cn1)c1cc(Cl)c(Cl)c([N+](=O)[O-])c1. The van der Waals surface area contributed by atoms with Gasteiger partial charge in [-0.15, -0.1) is 0 Å². The minimum absolute atomic E-state index is 0.0146. The lowest BCUT2D eigenvalue weighted by Crippen LogP contribution is -2.13. The first-order chi connectivity index (χ1) is 9.88. The van der Waals surface area contributed by atoms with Crippen LogP contribution in [0.2, 0.25) is 10.0 Å². The van der Waals surface area contributed by atoms with E-state index in [4.69, 9.17) is 23.2 Å². The van der Waals surface area contributed by atoms with E-state index in [2.05, 4.69) is 26.2 Å². The molecule has 2 rings (SSSR count). The molecule has 0 aliphatic carbocycles. The Bertz CT molecular complexity index is 722. The molecule has 108 valence electrons. The van der Waals surface area contributed by atoms with Crippen LogP contribution in [0.3, 0.4) is 0 Å². The molecule has 2 aromatic rings. The number of nitro benzene ring substituents is 1. The van der Waals surface area contributed by atoms with Crippen molar-refractivity contribution in [2.24, 2.45) is 0 Å². The number of carbonyl (C=O) groups is 1. The zero-order valence-electron chi connectivity index (χ0n) is 10.1. The first-order valence-electron chi connectivity index (χ1n) is 5.45. The van der Waals surface area contributed by atoms with Crippen LogP contribution < -0.4 is 5.32 Å². The van der Waals surface area contributed by atoms with Crippen LogP contribution in [-0.4, -0.2) is 15.8 Å². The minimum Gasteiger partial charge on any atom is -0.307 e. The Labute approximate surface area is 137 Å². The Morgan fingerprint density at radius 1 is 1.33 bits per heavy atom. The lowest BCUT2D eigenvalue weighted by molar-refractivity contribution is -0.384. The fourth-order valence-corrected chi connectivity index (χ4v) is 2.10. The Kier molecular flexibility index (Phi) is 4.76. The van der Waals surface area contributed by atoms with E-state index in [1.807, 2.05) is 0 Å². The predicted octanol–water partition coefficient (Wildman–Crippen LogP) is 4.31. The average Bonchev–Trinajstić information content (AvgIpc) is 2.43. The molecule has 0 aliphatic rings. The van der Waals surface area contributed by atoms with E-state index in [1.165, 1.54) is 12.3 Å². The molecular weight excluding hydrogens is 385 g/mol. The molecular formula is C12H6BrCl2N3O3. The second-order valence-electron chi connectivity index (χ2n) is 3.86. The van der Waals surface area contributed by atoms with E-state index >= 15 is 0 Å². The maximum absolute atomic E-state index is 12.1. The van der Waals surface area contributed by atoms with Gasteiger partial charge in [0.2, 0.25) is 0 Å². The van der Waals surface area contributed by atoms with Crippen molar-refractivity contribution >= 4 is 56.5 Å². The lowest BCUT2D eigenvalue weighted by Gasteiger charge is -2.06. The third kappa shape index (κ3) is 3.69. The standard InChI is InChI=1S/C12H6BrCl2N3O3/c13-7-1-2-10(16-5-7)17-12(19)6-3-8(14)11(15)9(4-6)18(20)21/h1-5H,(H,16,17,19). The lowest BCUT2D eigenvalue weighted by atomic mass is 10.2. The number of nitro groups is 1. The Hall–Kier alpha value is -1.70. The zero-order valence-corrected chi connectivity index (χ0v) is 13.2. The van der Waals surface area contributed by atoms with E-state index in [0.29, 0.717) is 5.82 Å². The zero-order chi connectivity index (χ0) is 15.6. The summed E-state index contributed by atoms with van der Waals surface area (Å²) in [5.74, 6) is -0.275. The maximum atomic E-state index is 12.1. The van der Waals surface area contributed by atoms with Gasteiger partial charge in [0.25, 0.3) is 11.6 Å². The van der Waals surface area contributed by atoms with Crippen molar-refractivity contribution < 1.29 is 9.72 Å². The molecule has 1 amide bonds. The monoisotopic (exact) mass is 389 g/mol. The maximum Gasteiger partial charge on any atom is 0.290 e. The average molecular weight is 391 g/mol. The van der Waals surface area contributed by atoms with Gasteiger partial charge < -0.3 is 5.32 Å². The van der Waals surface area contributed by atoms with Gasteiger partial charge in [-0.3, -0.25) is 14.9 Å². The van der Waals surface area contributed by atoms with E-state index in [9.17, 15) is 14.9 Å². The van der Waals surface area contributed by atoms with Crippen molar-refractivity contribution in [1.82, 2.24) is 4.98 Å². The van der Waals surface area contributed by atoms with Gasteiger partial charge in [0, 0.05) is 22.3 Å². The van der Waals surface area contributed by atoms with Crippen LogP contribution in [-0.2, 0) is 0 Å². The van der Waals surface area contributed by atoms with Crippen LogP contribution in [0.25, 0.3) is 0 Å². The fraction of sp³-hybridized carbons (Fsp3) is 0. The van der Waals surface area contributed by atoms with Gasteiger partial charge in [-0.1, -0.05) is 23.2 Å². The topological polar surface area (TPSA) is 85.1 Å². The van der Waals surface area contributed by atoms with Crippen molar-refractivity contribution in [3.05, 3.63) is 60.7 Å². The van der Waals surface area contributed by atoms with Gasteiger partial charge in [-0.2, -0.15) is 0 Å². The van der Waals surface area contributed by atoms with E-state index in [0.717, 1.165) is 10.5 Å². The minimum atomic E-state index is -0.705. The number of rotatable bonds is 3. The highest BCUT2D eigenvalue weighted by Gasteiger charge is 2.20. The summed E-state index contributed by atoms with van der Waals surface area (Å²) in [5, 5.41) is 13.1. The highest BCUT2D eigenvalue weighted by atomic mass is 79.9. The van der Waals surface area contributed by atoms with E-state index < -0.39 is 16.5 Å². The van der Waals surface area contributed by atoms with Crippen molar-refractivity contribution in [2.45, 2.75) is 0 Å². The molecule has 1 heterocycles. The number of benzene rings is 1. The van der Waals surface area contributed by atoms with Gasteiger partial charge in [-0.05, 0) is 34.1 Å². The molecule has 9 heteroatoms. The molecule has 0 saturated heterocycles. The van der Waals surface area contributed by atoms with Gasteiger partial charge in [0.15, 0.2) is 0 Å². The quantitative estimate of drug-likeness (QED) is 0.624. The highest BCUT2D eigenvalue weighted by molar-refractivity contribution is 9.10. The number of amides is 1. The Morgan fingerprint density at radius 2 is 2.05 bits per heavy atom. The third-order valence-electron chi connectivity index (χ3n) is 2.44. The molecule has 0 aliphatic heterocycles. The normalized spacial score (nSPS) is 10.2. The predicted molar refractivity (Wildman–Crippen MR) is 83.0 cm³/mol. The number of hydrogen-bond acceptors (Lipinski definition) is 4. The number of hydrogen-bond donors (Lipinski definition) is 1. The Balaban J connectivity index is 2.31. The van der Waals surface area contributed by atoms with E-state index in [-0.39, 0.29) is 15.6 Å². The van der Waals surface area contributed by atoms with Crippen LogP contribution in [0.1, 0.15) is 10.4 Å². The summed E-state index contributed by atoms with van der Waals surface area (Å²) in [4.78, 5) is 26.2. The summed E-state index contributed by atoms with van der Waals surface area (Å²) < 4.78 is 0.755. The molecule has 0 radical (unpaired) electrons. The summed E-state index contributed by atoms with van der Waals surface area (Å²) in [7, 11) is 0. The second kappa shape index (κ2) is 6.38. The number of aromatic nitrogens is 1. The molecule has 21 heavy (non-hydrogen) atoms. The Morgan fingerprint density at radius 3 is 2.62 bits per heavy atom. The van der Waals surface area contributed by atoms with Gasteiger partial charge in [0.1, 0.15) is 10.8 Å². The molecule has 0 atom stereocenters. The van der Waals surface area contributed by atoms with Crippen LogP contribution in [0.5, 0.6) is 0 Å². The van der Waals surface area contributed by atoms with Gasteiger partial charge in [0.05, 0.1) is 9.95 Å². The number of halogens is 3. The second-order valence-corrected chi connectivity index (χ2v) is 5.56. The number of anilines is 1. The number of nitrogens with zero attached hydrogens (tertiary/aromatic N) is 2. The van der Waals surface area contributed by atoms with Crippen LogP contribution in [0.4, 0.5) is 11.5 Å². The number of nitrogens with one attached hydrogen (secondary N) is 1. The summed E-state index contributed by atoms with van der Waals surface area (Å²) >= 11 is 14.7. The summed E-state index contributed by atoms with van der Waals surface area (Å²) in [6, 6.07) is 5.58. The van der Waals surface area contributed by atoms with Crippen molar-refractivity contribution in [1.29, 1.82) is 0 Å². The van der Waals surface area contributed by atoms with Gasteiger partial charge in [-0.25, -0.2) is 4.98 Å². The third-order valence-corrected chi connectivity index (χ3v) is 3.70. The van der Waals surface area contributed by atoms with Crippen molar-refractivity contribution in [3.8, 4) is 0 Å². The van der Waals surface area contributed by atoms with Crippen LogP contribution >= 0.6 is 39.1 Å². The molecule has 1 aromatic heterocycles. The first kappa shape index (κ1) is 15.7. The van der Waals surface area contributed by atoms with Crippen molar-refractivity contribution in [2.75, 3.05) is 5.32 Å². The van der Waals surface area contributed by atoms with E-state index in [1.54, 1.807) is 12.1 Å². The molecule has 0 spiro atoms. The summed E-state index contributed by atoms with van der Waals surface area (Å²) in [6.07, 6.45) is 1.51. The first-order valence-corrected chi connectivity index (χ1v) is 6.99. The number of pyridine rings is 1. The van der Waals surface area contributed by atoms with Crippen LogP contribution in [0.15, 0.2) is 34.9 Å². The summed E-state index contributed by atoms with van der Waals surface area (Å²) in [5.41, 5.74) is -0.418. The van der Waals surface area contributed by atoms with Crippen molar-refractivity contribution in [3.63, 3.8) is 0 Å². The molecule has 6 nitrogen and oxygen atoms in total. The molecule has 0 fully saturated rings. The molecule has 0 saturated carbocycles. The van der Waals surface area contributed by atoms with Gasteiger partial charge >= 0.3 is 0 Å². The summed E-state index contributed by atoms with van der Waals surface area (Å²) in [6.45, 7) is 0. The highest BCUT2D eigenvalue weighted by Crippen LogP contribution is 2.33. The molecule has 0 bridgehead atoms. The fourth-order valence-electron chi connectivity index (χ4n) is 1.48. The smallest absolute Gasteiger partial charge is 0.290 e. The molecule has 0 unspecified atom stereocenters. The molecule has 1 N–H and O–H groups in total. The molecule has 1 aromatic carbocycles.